The van der Waals surface area contributed by atoms with Gasteiger partial charge in [0.25, 0.3) is 0 Å². The van der Waals surface area contributed by atoms with Crippen LogP contribution in [0.25, 0.3) is 0 Å². The second-order valence-electron chi connectivity index (χ2n) is 3.61. The number of nitrogens with one attached hydrogen (secondary N) is 1. The molecule has 1 fully saturated rings. The third-order valence-electron chi connectivity index (χ3n) is 2.49. The van der Waals surface area contributed by atoms with E-state index in [0.29, 0.717) is 0 Å². The number of rotatable bonds is 2. The minimum atomic E-state index is -1.22. The van der Waals surface area contributed by atoms with E-state index < -0.39 is 11.5 Å². The first-order chi connectivity index (χ1) is 6.46. The van der Waals surface area contributed by atoms with Crippen molar-refractivity contribution in [1.82, 2.24) is 5.32 Å². The fourth-order valence-corrected chi connectivity index (χ4v) is 1.68. The Bertz CT molecular complexity index is 275. The molecule has 1 aliphatic rings. The van der Waals surface area contributed by atoms with Crippen molar-refractivity contribution in [1.29, 1.82) is 0 Å². The van der Waals surface area contributed by atoms with Crippen LogP contribution in [0, 0.1) is 0 Å². The lowest BCUT2D eigenvalue weighted by Crippen LogP contribution is -2.55. The summed E-state index contributed by atoms with van der Waals surface area (Å²) < 4.78 is 0. The Hall–Kier alpha value is -1.39. The van der Waals surface area contributed by atoms with E-state index in [4.69, 9.17) is 5.11 Å². The summed E-state index contributed by atoms with van der Waals surface area (Å²) in [4.78, 5) is 32.8. The number of hydrogen-bond acceptors (Lipinski definition) is 3. The van der Waals surface area contributed by atoms with Crippen molar-refractivity contribution < 1.29 is 19.5 Å². The minimum absolute atomic E-state index is 0.0622. The van der Waals surface area contributed by atoms with Crippen LogP contribution in [-0.2, 0) is 14.4 Å². The largest absolute Gasteiger partial charge is 0.480 e. The van der Waals surface area contributed by atoms with E-state index in [1.165, 1.54) is 6.92 Å². The summed E-state index contributed by atoms with van der Waals surface area (Å²) in [5.74, 6) is -1.37. The lowest BCUT2D eigenvalue weighted by atomic mass is 9.81. The molecule has 0 unspecified atom stereocenters. The Morgan fingerprint density at radius 3 is 2.21 bits per heavy atom. The summed E-state index contributed by atoms with van der Waals surface area (Å²) in [6.07, 6.45) is 0.848. The average Bonchev–Trinajstić information content (AvgIpc) is 2.08. The van der Waals surface area contributed by atoms with Crippen LogP contribution in [0.5, 0.6) is 0 Å². The smallest absolute Gasteiger partial charge is 0.329 e. The molecule has 78 valence electrons. The van der Waals surface area contributed by atoms with Crippen LogP contribution in [0.3, 0.4) is 0 Å². The zero-order chi connectivity index (χ0) is 10.8. The molecule has 2 N–H and O–H groups in total. The van der Waals surface area contributed by atoms with E-state index in [1.54, 1.807) is 0 Å². The molecule has 0 aromatic carbocycles. The van der Waals surface area contributed by atoms with Gasteiger partial charge in [0.2, 0.25) is 5.91 Å². The Kier molecular flexibility index (Phi) is 2.88. The first-order valence-corrected chi connectivity index (χ1v) is 4.50. The monoisotopic (exact) mass is 199 g/mol. The number of carbonyl (C=O) groups is 3. The van der Waals surface area contributed by atoms with Gasteiger partial charge in [-0.1, -0.05) is 0 Å². The number of ketones is 1. The highest BCUT2D eigenvalue weighted by Gasteiger charge is 2.42. The SMILES string of the molecule is CC(=O)NC1(C(=O)O)CCC(=O)CC1. The Balaban J connectivity index is 2.78. The van der Waals surface area contributed by atoms with Crippen molar-refractivity contribution in [3.63, 3.8) is 0 Å². The molecule has 1 aliphatic carbocycles. The number of hydrogen-bond donors (Lipinski definition) is 2. The molecule has 5 heteroatoms. The topological polar surface area (TPSA) is 83.5 Å². The summed E-state index contributed by atoms with van der Waals surface area (Å²) in [6, 6.07) is 0. The maximum Gasteiger partial charge on any atom is 0.329 e. The number of aliphatic carboxylic acids is 1. The Labute approximate surface area is 81.5 Å². The van der Waals surface area contributed by atoms with Gasteiger partial charge in [-0.25, -0.2) is 4.79 Å². The summed E-state index contributed by atoms with van der Waals surface area (Å²) in [7, 11) is 0. The molecule has 14 heavy (non-hydrogen) atoms. The molecule has 0 saturated heterocycles. The van der Waals surface area contributed by atoms with Crippen LogP contribution in [0.4, 0.5) is 0 Å². The van der Waals surface area contributed by atoms with Gasteiger partial charge in [-0.05, 0) is 12.8 Å². The molecule has 1 saturated carbocycles. The van der Waals surface area contributed by atoms with Gasteiger partial charge >= 0.3 is 5.97 Å². The highest BCUT2D eigenvalue weighted by atomic mass is 16.4. The summed E-state index contributed by atoms with van der Waals surface area (Å²) >= 11 is 0. The standard InChI is InChI=1S/C9H13NO4/c1-6(11)10-9(8(13)14)4-2-7(12)3-5-9/h2-5H2,1H3,(H,10,11)(H,13,14). The van der Waals surface area contributed by atoms with Gasteiger partial charge in [0.1, 0.15) is 11.3 Å². The van der Waals surface area contributed by atoms with Crippen LogP contribution in [0.15, 0.2) is 0 Å². The van der Waals surface area contributed by atoms with E-state index in [1.807, 2.05) is 0 Å². The molecular formula is C9H13NO4. The van der Waals surface area contributed by atoms with Crippen molar-refractivity contribution >= 4 is 17.7 Å². The first-order valence-electron chi connectivity index (χ1n) is 4.50. The van der Waals surface area contributed by atoms with E-state index in [0.717, 1.165) is 0 Å². The molecule has 1 amide bonds. The van der Waals surface area contributed by atoms with Crippen molar-refractivity contribution in [2.45, 2.75) is 38.1 Å². The van der Waals surface area contributed by atoms with E-state index in [2.05, 4.69) is 5.32 Å². The summed E-state index contributed by atoms with van der Waals surface area (Å²) in [5, 5.41) is 11.4. The van der Waals surface area contributed by atoms with E-state index in [-0.39, 0.29) is 37.4 Å². The zero-order valence-electron chi connectivity index (χ0n) is 8.00. The Morgan fingerprint density at radius 2 is 1.86 bits per heavy atom. The quantitative estimate of drug-likeness (QED) is 0.660. The lowest BCUT2D eigenvalue weighted by molar-refractivity contribution is -0.149. The van der Waals surface area contributed by atoms with Gasteiger partial charge in [-0.3, -0.25) is 9.59 Å². The first kappa shape index (κ1) is 10.7. The summed E-state index contributed by atoms with van der Waals surface area (Å²) in [6.45, 7) is 1.28. The molecule has 0 atom stereocenters. The van der Waals surface area contributed by atoms with Gasteiger partial charge in [-0.2, -0.15) is 0 Å². The lowest BCUT2D eigenvalue weighted by Gasteiger charge is -2.32. The molecule has 0 radical (unpaired) electrons. The number of Topliss-reactive ketones (excluding diaryl/α,β-unsaturated/α-hetero) is 1. The Morgan fingerprint density at radius 1 is 1.36 bits per heavy atom. The highest BCUT2D eigenvalue weighted by Crippen LogP contribution is 2.26. The zero-order valence-corrected chi connectivity index (χ0v) is 8.00. The molecule has 1 rings (SSSR count). The summed E-state index contributed by atoms with van der Waals surface area (Å²) in [5.41, 5.74) is -1.22. The predicted molar refractivity (Wildman–Crippen MR) is 47.7 cm³/mol. The number of carboxylic acids is 1. The third kappa shape index (κ3) is 2.10. The van der Waals surface area contributed by atoms with Crippen molar-refractivity contribution in [2.24, 2.45) is 0 Å². The van der Waals surface area contributed by atoms with Crippen LogP contribution in [0.1, 0.15) is 32.6 Å². The molecule has 0 heterocycles. The van der Waals surface area contributed by atoms with Gasteiger partial charge in [-0.15, -0.1) is 0 Å². The molecule has 0 aliphatic heterocycles. The van der Waals surface area contributed by atoms with Crippen molar-refractivity contribution in [3.05, 3.63) is 0 Å². The molecule has 0 spiro atoms. The van der Waals surface area contributed by atoms with Gasteiger partial charge < -0.3 is 10.4 Å². The van der Waals surface area contributed by atoms with Gasteiger partial charge in [0.05, 0.1) is 0 Å². The fourth-order valence-electron chi connectivity index (χ4n) is 1.68. The normalized spacial score (nSPS) is 20.2. The maximum absolute atomic E-state index is 11.0. The van der Waals surface area contributed by atoms with E-state index in [9.17, 15) is 14.4 Å². The van der Waals surface area contributed by atoms with Crippen LogP contribution >= 0.6 is 0 Å². The van der Waals surface area contributed by atoms with Crippen molar-refractivity contribution in [2.75, 3.05) is 0 Å². The minimum Gasteiger partial charge on any atom is -0.480 e. The second-order valence-corrected chi connectivity index (χ2v) is 3.61. The van der Waals surface area contributed by atoms with Crippen LogP contribution in [0.2, 0.25) is 0 Å². The molecule has 0 bridgehead atoms. The van der Waals surface area contributed by atoms with Crippen LogP contribution < -0.4 is 5.32 Å². The number of carboxylic acid groups (broad SMARTS) is 1. The highest BCUT2D eigenvalue weighted by molar-refractivity contribution is 5.89. The van der Waals surface area contributed by atoms with Gasteiger partial charge in [0, 0.05) is 19.8 Å². The van der Waals surface area contributed by atoms with Gasteiger partial charge in [0.15, 0.2) is 0 Å². The number of amides is 1. The van der Waals surface area contributed by atoms with E-state index >= 15 is 0 Å². The van der Waals surface area contributed by atoms with Crippen molar-refractivity contribution in [3.8, 4) is 0 Å². The second kappa shape index (κ2) is 3.77. The third-order valence-corrected chi connectivity index (χ3v) is 2.49. The molecule has 0 aromatic heterocycles. The van der Waals surface area contributed by atoms with Crippen LogP contribution in [-0.4, -0.2) is 28.3 Å². The predicted octanol–water partition coefficient (Wildman–Crippen LogP) is 0.0890. The fraction of sp³-hybridized carbons (Fsp3) is 0.667. The average molecular weight is 199 g/mol. The molecular weight excluding hydrogens is 186 g/mol. The maximum atomic E-state index is 11.0. The number of carbonyl (C=O) groups excluding carboxylic acids is 2. The molecule has 0 aromatic rings. The molecule has 5 nitrogen and oxygen atoms in total.